The molecule has 0 saturated heterocycles. The second-order valence-corrected chi connectivity index (χ2v) is 9.16. The van der Waals surface area contributed by atoms with Crippen molar-refractivity contribution < 1.29 is 38.4 Å². The molecule has 0 saturated carbocycles. The quantitative estimate of drug-likeness (QED) is 0.388. The summed E-state index contributed by atoms with van der Waals surface area (Å²) >= 11 is 0. The van der Waals surface area contributed by atoms with Gasteiger partial charge >= 0.3 is 0 Å². The molecule has 5 rings (SSSR count). The van der Waals surface area contributed by atoms with Gasteiger partial charge in [-0.15, -0.1) is 0 Å². The van der Waals surface area contributed by atoms with Crippen LogP contribution in [0.2, 0.25) is 0 Å². The molecule has 1 aliphatic carbocycles. The van der Waals surface area contributed by atoms with Gasteiger partial charge in [0.05, 0.1) is 32.3 Å². The number of fused-ring (bicyclic) bond motifs is 4. The van der Waals surface area contributed by atoms with Gasteiger partial charge in [-0.2, -0.15) is 0 Å². The van der Waals surface area contributed by atoms with E-state index in [1.54, 1.807) is 30.3 Å². The summed E-state index contributed by atoms with van der Waals surface area (Å²) in [6.07, 6.45) is -0.340. The van der Waals surface area contributed by atoms with Crippen molar-refractivity contribution in [2.24, 2.45) is 0 Å². The van der Waals surface area contributed by atoms with E-state index in [1.807, 2.05) is 24.3 Å². The molecule has 1 aliphatic heterocycles. The number of hydrogen-bond acceptors (Lipinski definition) is 8. The van der Waals surface area contributed by atoms with Crippen LogP contribution >= 0.6 is 0 Å². The third kappa shape index (κ3) is 4.51. The van der Waals surface area contributed by atoms with Crippen molar-refractivity contribution in [3.05, 3.63) is 71.5 Å². The molecule has 200 valence electrons. The van der Waals surface area contributed by atoms with E-state index in [0.717, 1.165) is 5.56 Å². The van der Waals surface area contributed by atoms with Gasteiger partial charge in [-0.3, -0.25) is 9.59 Å². The summed E-state index contributed by atoms with van der Waals surface area (Å²) in [5, 5.41) is 24.2. The Labute approximate surface area is 219 Å². The molecule has 10 heteroatoms. The molecule has 4 atom stereocenters. The fourth-order valence-electron chi connectivity index (χ4n) is 5.21. The lowest BCUT2D eigenvalue weighted by Crippen LogP contribution is -2.56. The Bertz CT molecular complexity index is 1370. The third-order valence-corrected chi connectivity index (χ3v) is 6.97. The van der Waals surface area contributed by atoms with Crippen molar-refractivity contribution in [3.63, 3.8) is 0 Å². The highest BCUT2D eigenvalue weighted by Gasteiger charge is 2.50. The molecule has 0 spiro atoms. The van der Waals surface area contributed by atoms with Crippen LogP contribution in [-0.2, 0) is 9.53 Å². The van der Waals surface area contributed by atoms with Crippen molar-refractivity contribution in [3.8, 4) is 11.5 Å². The Balaban J connectivity index is 1.56. The number of ether oxygens (including phenoxy) is 3. The topological polar surface area (TPSA) is 131 Å². The van der Waals surface area contributed by atoms with Crippen molar-refractivity contribution in [2.45, 2.75) is 24.2 Å². The lowest BCUT2D eigenvalue weighted by molar-refractivity contribution is -0.118. The lowest BCUT2D eigenvalue weighted by atomic mass is 9.77. The van der Waals surface area contributed by atoms with Gasteiger partial charge in [0.2, 0.25) is 5.91 Å². The predicted octanol–water partition coefficient (Wildman–Crippen LogP) is 1.85. The molecule has 0 bridgehead atoms. The molecule has 2 amide bonds. The van der Waals surface area contributed by atoms with Crippen LogP contribution in [0.1, 0.15) is 22.0 Å². The standard InChI is InChI=1S/C28H30N2O8/c1-35-13-11-30(28(34)22-14-16-6-5-9-21(36-2)25(16)38-22)19-15-18(27(33)29-10-12-31)23-17-7-3-4-8-20(17)37-26(23)24(19)32/h3-9,14-15,19,23-24,26,31-32H,10-13H2,1-2H3,(H,29,33)/t19-,23+,24+,26+/m1/s1. The summed E-state index contributed by atoms with van der Waals surface area (Å²) in [6, 6.07) is 13.4. The molecule has 0 radical (unpaired) electrons. The number of nitrogens with zero attached hydrogens (tertiary/aromatic N) is 1. The zero-order valence-corrected chi connectivity index (χ0v) is 21.1. The van der Waals surface area contributed by atoms with Crippen LogP contribution in [-0.4, -0.2) is 85.7 Å². The molecule has 3 aromatic rings. The zero-order chi connectivity index (χ0) is 26.8. The van der Waals surface area contributed by atoms with E-state index in [9.17, 15) is 19.8 Å². The Morgan fingerprint density at radius 1 is 1.13 bits per heavy atom. The maximum atomic E-state index is 13.8. The smallest absolute Gasteiger partial charge is 0.290 e. The van der Waals surface area contributed by atoms with E-state index in [4.69, 9.17) is 18.6 Å². The molecule has 2 aromatic carbocycles. The lowest BCUT2D eigenvalue weighted by Gasteiger charge is -2.40. The number of nitrogens with one attached hydrogen (secondary N) is 1. The fraction of sp³-hybridized carbons (Fsp3) is 0.357. The maximum Gasteiger partial charge on any atom is 0.290 e. The van der Waals surface area contributed by atoms with Crippen LogP contribution in [0, 0.1) is 0 Å². The van der Waals surface area contributed by atoms with Crippen molar-refractivity contribution in [2.75, 3.05) is 40.5 Å². The number of carbonyl (C=O) groups is 2. The highest BCUT2D eigenvalue weighted by Crippen LogP contribution is 2.47. The highest BCUT2D eigenvalue weighted by molar-refractivity contribution is 5.99. The Morgan fingerprint density at radius 2 is 1.95 bits per heavy atom. The van der Waals surface area contributed by atoms with Gasteiger partial charge in [0, 0.05) is 36.7 Å². The summed E-state index contributed by atoms with van der Waals surface area (Å²) in [5.41, 5.74) is 1.56. The summed E-state index contributed by atoms with van der Waals surface area (Å²) in [5.74, 6) is -0.299. The number of aliphatic hydroxyl groups is 2. The number of furan rings is 1. The minimum absolute atomic E-state index is 0.0604. The van der Waals surface area contributed by atoms with Crippen LogP contribution < -0.4 is 14.8 Å². The van der Waals surface area contributed by atoms with Gasteiger partial charge in [-0.05, 0) is 24.3 Å². The second kappa shape index (κ2) is 10.9. The van der Waals surface area contributed by atoms with Gasteiger partial charge in [0.1, 0.15) is 18.0 Å². The van der Waals surface area contributed by atoms with E-state index < -0.39 is 36.0 Å². The normalized spacial score (nSPS) is 21.7. The van der Waals surface area contributed by atoms with Crippen molar-refractivity contribution in [1.29, 1.82) is 0 Å². The molecule has 10 nitrogen and oxygen atoms in total. The molecule has 38 heavy (non-hydrogen) atoms. The average Bonchev–Trinajstić information content (AvgIpc) is 3.55. The summed E-state index contributed by atoms with van der Waals surface area (Å²) < 4.78 is 22.7. The summed E-state index contributed by atoms with van der Waals surface area (Å²) in [4.78, 5) is 28.5. The third-order valence-electron chi connectivity index (χ3n) is 6.97. The van der Waals surface area contributed by atoms with Gasteiger partial charge in [-0.25, -0.2) is 0 Å². The Morgan fingerprint density at radius 3 is 2.71 bits per heavy atom. The molecule has 0 unspecified atom stereocenters. The minimum Gasteiger partial charge on any atom is -0.493 e. The molecular formula is C28H30N2O8. The molecule has 0 fully saturated rings. The maximum absolute atomic E-state index is 13.8. The summed E-state index contributed by atoms with van der Waals surface area (Å²) in [7, 11) is 3.04. The number of para-hydroxylation sites is 2. The van der Waals surface area contributed by atoms with Crippen LogP contribution in [0.5, 0.6) is 11.5 Å². The number of amides is 2. The van der Waals surface area contributed by atoms with Crippen LogP contribution in [0.15, 0.2) is 64.6 Å². The van der Waals surface area contributed by atoms with E-state index in [-0.39, 0.29) is 32.1 Å². The minimum atomic E-state index is -1.15. The highest BCUT2D eigenvalue weighted by atomic mass is 16.5. The number of carbonyl (C=O) groups excluding carboxylic acids is 2. The fourth-order valence-corrected chi connectivity index (χ4v) is 5.21. The van der Waals surface area contributed by atoms with Crippen LogP contribution in [0.3, 0.4) is 0 Å². The van der Waals surface area contributed by atoms with Crippen LogP contribution in [0.4, 0.5) is 0 Å². The summed E-state index contributed by atoms with van der Waals surface area (Å²) in [6.45, 7) is 0.155. The van der Waals surface area contributed by atoms with Crippen LogP contribution in [0.25, 0.3) is 11.0 Å². The van der Waals surface area contributed by atoms with Crippen molar-refractivity contribution >= 4 is 22.8 Å². The van der Waals surface area contributed by atoms with Gasteiger partial charge < -0.3 is 39.1 Å². The molecule has 2 heterocycles. The monoisotopic (exact) mass is 522 g/mol. The number of rotatable bonds is 9. The molecule has 3 N–H and O–H groups in total. The Hall–Kier alpha value is -3.86. The molecule has 2 aliphatic rings. The average molecular weight is 523 g/mol. The first kappa shape index (κ1) is 25.8. The van der Waals surface area contributed by atoms with E-state index in [0.29, 0.717) is 28.0 Å². The second-order valence-electron chi connectivity index (χ2n) is 9.16. The first-order chi connectivity index (χ1) is 18.5. The SMILES string of the molecule is COCCN(C(=O)c1cc2cccc(OC)c2o1)[C@@H]1C=C(C(=O)NCCO)[C@@H]2c3ccccc3O[C@@H]2[C@H]1O. The molecular weight excluding hydrogens is 492 g/mol. The van der Waals surface area contributed by atoms with Gasteiger partial charge in [0.15, 0.2) is 17.1 Å². The predicted molar refractivity (Wildman–Crippen MR) is 137 cm³/mol. The van der Waals surface area contributed by atoms with E-state index >= 15 is 0 Å². The number of hydrogen-bond donors (Lipinski definition) is 3. The first-order valence-corrected chi connectivity index (χ1v) is 12.4. The van der Waals surface area contributed by atoms with E-state index in [1.165, 1.54) is 19.1 Å². The van der Waals surface area contributed by atoms with E-state index in [2.05, 4.69) is 5.32 Å². The van der Waals surface area contributed by atoms with Gasteiger partial charge in [-0.1, -0.05) is 30.3 Å². The molecule has 1 aromatic heterocycles. The van der Waals surface area contributed by atoms with Crippen molar-refractivity contribution in [1.82, 2.24) is 10.2 Å². The first-order valence-electron chi connectivity index (χ1n) is 12.4. The number of aliphatic hydroxyl groups excluding tert-OH is 2. The van der Waals surface area contributed by atoms with Gasteiger partial charge in [0.25, 0.3) is 5.91 Å². The number of benzene rings is 2. The largest absolute Gasteiger partial charge is 0.493 e. The Kier molecular flexibility index (Phi) is 7.37. The number of methoxy groups -OCH3 is 2. The zero-order valence-electron chi connectivity index (χ0n) is 21.1.